The Bertz CT molecular complexity index is 1030. The summed E-state index contributed by atoms with van der Waals surface area (Å²) in [5.74, 6) is 0.688. The van der Waals surface area contributed by atoms with E-state index in [0.717, 1.165) is 16.9 Å². The van der Waals surface area contributed by atoms with E-state index >= 15 is 0 Å². The van der Waals surface area contributed by atoms with Crippen molar-refractivity contribution in [1.82, 2.24) is 19.9 Å². The number of imidazole rings is 1. The van der Waals surface area contributed by atoms with Crippen molar-refractivity contribution in [2.45, 2.75) is 32.9 Å². The molecule has 0 saturated heterocycles. The molecule has 0 spiro atoms. The third-order valence-corrected chi connectivity index (χ3v) is 4.78. The fraction of sp³-hybridized carbons (Fsp3) is 0.350. The van der Waals surface area contributed by atoms with Gasteiger partial charge in [-0.3, -0.25) is 9.36 Å². The Labute approximate surface area is 158 Å². The second-order valence-corrected chi connectivity index (χ2v) is 7.66. The van der Waals surface area contributed by atoms with E-state index in [1.54, 1.807) is 31.4 Å². The molecule has 0 aliphatic heterocycles. The summed E-state index contributed by atoms with van der Waals surface area (Å²) >= 11 is 0. The SMILES string of the molecule is CN(c1ccc(CNC(=O)c2ccc3c(c2)[nH]c(=O)n3C)cn1)C(C)(C)C. The summed E-state index contributed by atoms with van der Waals surface area (Å²) in [5.41, 5.74) is 2.62. The van der Waals surface area contributed by atoms with Crippen LogP contribution in [0.4, 0.5) is 5.82 Å². The number of H-pyrrole nitrogens is 1. The Kier molecular flexibility index (Phi) is 4.78. The molecule has 0 aliphatic rings. The van der Waals surface area contributed by atoms with Crippen LogP contribution >= 0.6 is 0 Å². The number of amides is 1. The van der Waals surface area contributed by atoms with E-state index in [1.807, 2.05) is 19.2 Å². The Morgan fingerprint density at radius 3 is 2.63 bits per heavy atom. The van der Waals surface area contributed by atoms with Gasteiger partial charge in [0.1, 0.15) is 5.82 Å². The average Bonchev–Trinajstić information content (AvgIpc) is 2.92. The van der Waals surface area contributed by atoms with Crippen molar-refractivity contribution >= 4 is 22.8 Å². The van der Waals surface area contributed by atoms with Gasteiger partial charge in [0.05, 0.1) is 11.0 Å². The maximum atomic E-state index is 12.4. The molecule has 0 radical (unpaired) electrons. The van der Waals surface area contributed by atoms with Crippen LogP contribution in [0.25, 0.3) is 11.0 Å². The number of aryl methyl sites for hydroxylation is 1. The molecule has 2 N–H and O–H groups in total. The van der Waals surface area contributed by atoms with Gasteiger partial charge in [0.15, 0.2) is 0 Å². The molecule has 0 bridgehead atoms. The molecule has 0 fully saturated rings. The highest BCUT2D eigenvalue weighted by molar-refractivity contribution is 5.97. The number of hydrogen-bond donors (Lipinski definition) is 2. The zero-order chi connectivity index (χ0) is 19.8. The number of pyridine rings is 1. The Morgan fingerprint density at radius 1 is 1.26 bits per heavy atom. The molecule has 1 amide bonds. The van der Waals surface area contributed by atoms with Crippen LogP contribution in [-0.4, -0.2) is 33.0 Å². The lowest BCUT2D eigenvalue weighted by Crippen LogP contribution is -2.38. The highest BCUT2D eigenvalue weighted by Gasteiger charge is 2.18. The third-order valence-electron chi connectivity index (χ3n) is 4.78. The lowest BCUT2D eigenvalue weighted by Gasteiger charge is -2.33. The molecule has 7 nitrogen and oxygen atoms in total. The van der Waals surface area contributed by atoms with Crippen molar-refractivity contribution in [2.75, 3.05) is 11.9 Å². The van der Waals surface area contributed by atoms with Crippen molar-refractivity contribution in [3.05, 3.63) is 58.1 Å². The monoisotopic (exact) mass is 367 g/mol. The lowest BCUT2D eigenvalue weighted by molar-refractivity contribution is 0.0951. The maximum Gasteiger partial charge on any atom is 0.326 e. The number of nitrogens with zero attached hydrogens (tertiary/aromatic N) is 3. The van der Waals surface area contributed by atoms with E-state index in [0.29, 0.717) is 17.6 Å². The summed E-state index contributed by atoms with van der Waals surface area (Å²) in [7, 11) is 3.70. The summed E-state index contributed by atoms with van der Waals surface area (Å²) in [6.07, 6.45) is 1.77. The van der Waals surface area contributed by atoms with Gasteiger partial charge in [-0.15, -0.1) is 0 Å². The minimum absolute atomic E-state index is 0.0141. The van der Waals surface area contributed by atoms with E-state index in [9.17, 15) is 9.59 Å². The largest absolute Gasteiger partial charge is 0.355 e. The van der Waals surface area contributed by atoms with Crippen LogP contribution in [0.2, 0.25) is 0 Å². The van der Waals surface area contributed by atoms with E-state index < -0.39 is 0 Å². The third kappa shape index (κ3) is 3.86. The quantitative estimate of drug-likeness (QED) is 0.742. The van der Waals surface area contributed by atoms with Crippen molar-refractivity contribution in [2.24, 2.45) is 7.05 Å². The second kappa shape index (κ2) is 6.90. The summed E-state index contributed by atoms with van der Waals surface area (Å²) < 4.78 is 1.51. The van der Waals surface area contributed by atoms with Gasteiger partial charge in [-0.05, 0) is 50.6 Å². The fourth-order valence-corrected chi connectivity index (χ4v) is 2.73. The fourth-order valence-electron chi connectivity index (χ4n) is 2.73. The number of nitrogens with one attached hydrogen (secondary N) is 2. The van der Waals surface area contributed by atoms with Crippen LogP contribution in [0.15, 0.2) is 41.3 Å². The summed E-state index contributed by atoms with van der Waals surface area (Å²) in [5, 5.41) is 2.89. The van der Waals surface area contributed by atoms with Crippen LogP contribution in [-0.2, 0) is 13.6 Å². The van der Waals surface area contributed by atoms with Crippen LogP contribution in [0, 0.1) is 0 Å². The molecule has 2 aromatic heterocycles. The molecule has 0 saturated carbocycles. The van der Waals surface area contributed by atoms with E-state index in [4.69, 9.17) is 0 Å². The molecule has 27 heavy (non-hydrogen) atoms. The van der Waals surface area contributed by atoms with Crippen LogP contribution in [0.3, 0.4) is 0 Å². The first kappa shape index (κ1) is 18.7. The molecule has 7 heteroatoms. The van der Waals surface area contributed by atoms with Gasteiger partial charge in [-0.1, -0.05) is 6.07 Å². The molecule has 0 atom stereocenters. The highest BCUT2D eigenvalue weighted by Crippen LogP contribution is 2.19. The van der Waals surface area contributed by atoms with Gasteiger partial charge in [0.25, 0.3) is 5.91 Å². The van der Waals surface area contributed by atoms with Crippen molar-refractivity contribution in [3.63, 3.8) is 0 Å². The zero-order valence-corrected chi connectivity index (χ0v) is 16.3. The first-order valence-electron chi connectivity index (χ1n) is 8.82. The Morgan fingerprint density at radius 2 is 2.00 bits per heavy atom. The number of anilines is 1. The molecule has 3 aromatic rings. The predicted molar refractivity (Wildman–Crippen MR) is 107 cm³/mol. The molecule has 1 aromatic carbocycles. The number of carbonyl (C=O) groups excluding carboxylic acids is 1. The van der Waals surface area contributed by atoms with Crippen molar-refractivity contribution < 1.29 is 4.79 Å². The standard InChI is InChI=1S/C20H25N5O2/c1-20(2,3)25(5)17-9-6-13(11-21-17)12-22-18(26)14-7-8-16-15(10-14)23-19(27)24(16)4/h6-11H,12H2,1-5H3,(H,22,26)(H,23,27). The number of rotatable bonds is 4. The molecule has 3 rings (SSSR count). The van der Waals surface area contributed by atoms with Gasteiger partial charge in [-0.25, -0.2) is 9.78 Å². The van der Waals surface area contributed by atoms with Crippen molar-refractivity contribution in [3.8, 4) is 0 Å². The maximum absolute atomic E-state index is 12.4. The van der Waals surface area contributed by atoms with Gasteiger partial charge < -0.3 is 15.2 Å². The number of aromatic nitrogens is 3. The first-order valence-corrected chi connectivity index (χ1v) is 8.82. The van der Waals surface area contributed by atoms with Gasteiger partial charge >= 0.3 is 5.69 Å². The lowest BCUT2D eigenvalue weighted by atomic mass is 10.1. The minimum Gasteiger partial charge on any atom is -0.355 e. The smallest absolute Gasteiger partial charge is 0.326 e. The van der Waals surface area contributed by atoms with Gasteiger partial charge in [-0.2, -0.15) is 0 Å². The zero-order valence-electron chi connectivity index (χ0n) is 16.3. The number of fused-ring (bicyclic) bond motifs is 1. The first-order chi connectivity index (χ1) is 12.7. The topological polar surface area (TPSA) is 83.0 Å². The number of hydrogen-bond acceptors (Lipinski definition) is 4. The van der Waals surface area contributed by atoms with E-state index in [2.05, 4.69) is 41.0 Å². The Balaban J connectivity index is 1.68. The molecule has 0 unspecified atom stereocenters. The number of carbonyl (C=O) groups is 1. The summed E-state index contributed by atoms with van der Waals surface area (Å²) in [4.78, 5) is 33.4. The normalized spacial score (nSPS) is 11.6. The Hall–Kier alpha value is -3.09. The summed E-state index contributed by atoms with van der Waals surface area (Å²) in [6, 6.07) is 9.08. The molecular formula is C20H25N5O2. The summed E-state index contributed by atoms with van der Waals surface area (Å²) in [6.45, 7) is 6.76. The van der Waals surface area contributed by atoms with E-state index in [1.165, 1.54) is 4.57 Å². The van der Waals surface area contributed by atoms with Crippen LogP contribution < -0.4 is 15.9 Å². The molecule has 2 heterocycles. The highest BCUT2D eigenvalue weighted by atomic mass is 16.2. The second-order valence-electron chi connectivity index (χ2n) is 7.66. The average molecular weight is 367 g/mol. The van der Waals surface area contributed by atoms with Gasteiger partial charge in [0, 0.05) is 37.9 Å². The number of benzene rings is 1. The van der Waals surface area contributed by atoms with E-state index in [-0.39, 0.29) is 17.1 Å². The minimum atomic E-state index is -0.200. The van der Waals surface area contributed by atoms with Crippen LogP contribution in [0.1, 0.15) is 36.7 Å². The number of aromatic amines is 1. The van der Waals surface area contributed by atoms with Crippen molar-refractivity contribution in [1.29, 1.82) is 0 Å². The van der Waals surface area contributed by atoms with Crippen LogP contribution in [0.5, 0.6) is 0 Å². The molecule has 0 aliphatic carbocycles. The molecular weight excluding hydrogens is 342 g/mol. The molecule has 142 valence electrons. The predicted octanol–water partition coefficient (Wildman–Crippen LogP) is 2.43. The van der Waals surface area contributed by atoms with Gasteiger partial charge in [0.2, 0.25) is 0 Å².